The molecule has 1 N–H and O–H groups in total. The molecule has 0 unspecified atom stereocenters. The summed E-state index contributed by atoms with van der Waals surface area (Å²) in [5.74, 6) is 0. The van der Waals surface area contributed by atoms with Crippen molar-refractivity contribution in [2.45, 2.75) is 16.8 Å². The Morgan fingerprint density at radius 2 is 1.82 bits per heavy atom. The highest BCUT2D eigenvalue weighted by molar-refractivity contribution is 14.1. The molecular weight excluding hydrogens is 411 g/mol. The lowest BCUT2D eigenvalue weighted by Gasteiger charge is -2.03. The summed E-state index contributed by atoms with van der Waals surface area (Å²) in [4.78, 5) is 3.22. The zero-order chi connectivity index (χ0) is 15.9. The van der Waals surface area contributed by atoms with Crippen LogP contribution in [-0.2, 0) is 9.84 Å². The molecule has 110 valence electrons. The summed E-state index contributed by atoms with van der Waals surface area (Å²) in [6.07, 6.45) is 0. The number of hydrogen-bond acceptors (Lipinski definition) is 3. The van der Waals surface area contributed by atoms with Crippen molar-refractivity contribution in [3.8, 4) is 6.07 Å². The van der Waals surface area contributed by atoms with E-state index in [1.807, 2.05) is 29.5 Å². The standard InChI is InChI=1S/C16H11IN2O2S/c1-10-2-5-12(6-3-10)22(20,21)16-15(17)13-8-11(9-18)4-7-14(13)19-16/h2-8,19H,1H3. The molecule has 4 nitrogen and oxygen atoms in total. The van der Waals surface area contributed by atoms with E-state index < -0.39 is 9.84 Å². The molecule has 0 saturated heterocycles. The number of nitrogens with zero attached hydrogens (tertiary/aromatic N) is 1. The van der Waals surface area contributed by atoms with Crippen LogP contribution in [0.3, 0.4) is 0 Å². The van der Waals surface area contributed by atoms with Gasteiger partial charge in [0.1, 0.15) is 0 Å². The summed E-state index contributed by atoms with van der Waals surface area (Å²) >= 11 is 2.01. The summed E-state index contributed by atoms with van der Waals surface area (Å²) in [6, 6.07) is 13.9. The molecule has 0 radical (unpaired) electrons. The first-order valence-corrected chi connectivity index (χ1v) is 9.03. The Hall–Kier alpha value is -1.85. The van der Waals surface area contributed by atoms with E-state index in [0.717, 1.165) is 10.9 Å². The normalized spacial score (nSPS) is 11.5. The van der Waals surface area contributed by atoms with Crippen LogP contribution in [0.15, 0.2) is 52.4 Å². The Bertz CT molecular complexity index is 1010. The zero-order valence-corrected chi connectivity index (χ0v) is 14.6. The lowest BCUT2D eigenvalue weighted by Crippen LogP contribution is -2.04. The summed E-state index contributed by atoms with van der Waals surface area (Å²) < 4.78 is 26.2. The molecule has 1 heterocycles. The van der Waals surface area contributed by atoms with Gasteiger partial charge in [-0.15, -0.1) is 0 Å². The third kappa shape index (κ3) is 2.40. The molecule has 0 bridgehead atoms. The van der Waals surface area contributed by atoms with Gasteiger partial charge in [0, 0.05) is 10.9 Å². The van der Waals surface area contributed by atoms with E-state index in [1.165, 1.54) is 0 Å². The van der Waals surface area contributed by atoms with Crippen LogP contribution in [-0.4, -0.2) is 13.4 Å². The Morgan fingerprint density at radius 3 is 2.45 bits per heavy atom. The summed E-state index contributed by atoms with van der Waals surface area (Å²) in [7, 11) is -3.61. The number of halogens is 1. The van der Waals surface area contributed by atoms with E-state index in [9.17, 15) is 8.42 Å². The van der Waals surface area contributed by atoms with Crippen LogP contribution in [0.4, 0.5) is 0 Å². The molecule has 0 aliphatic carbocycles. The van der Waals surface area contributed by atoms with Crippen LogP contribution >= 0.6 is 22.6 Å². The quantitative estimate of drug-likeness (QED) is 0.639. The Labute approximate surface area is 141 Å². The minimum atomic E-state index is -3.61. The molecule has 22 heavy (non-hydrogen) atoms. The van der Waals surface area contributed by atoms with Crippen molar-refractivity contribution in [2.24, 2.45) is 0 Å². The van der Waals surface area contributed by atoms with Crippen LogP contribution in [0.5, 0.6) is 0 Å². The molecule has 0 aliphatic heterocycles. The number of aromatic amines is 1. The SMILES string of the molecule is Cc1ccc(S(=O)(=O)c2[nH]c3ccc(C#N)cc3c2I)cc1. The highest BCUT2D eigenvalue weighted by Crippen LogP contribution is 2.31. The van der Waals surface area contributed by atoms with Gasteiger partial charge in [-0.1, -0.05) is 17.7 Å². The van der Waals surface area contributed by atoms with Gasteiger partial charge in [-0.2, -0.15) is 5.26 Å². The smallest absolute Gasteiger partial charge is 0.222 e. The van der Waals surface area contributed by atoms with Crippen molar-refractivity contribution in [3.63, 3.8) is 0 Å². The van der Waals surface area contributed by atoms with Gasteiger partial charge in [0.25, 0.3) is 0 Å². The minimum Gasteiger partial charge on any atom is -0.344 e. The average molecular weight is 422 g/mol. The van der Waals surface area contributed by atoms with E-state index in [1.54, 1.807) is 42.5 Å². The molecule has 0 aliphatic rings. The fourth-order valence-electron chi connectivity index (χ4n) is 2.22. The van der Waals surface area contributed by atoms with Crippen LogP contribution in [0.1, 0.15) is 11.1 Å². The Morgan fingerprint density at radius 1 is 1.14 bits per heavy atom. The summed E-state index contributed by atoms with van der Waals surface area (Å²) in [5, 5.41) is 9.89. The van der Waals surface area contributed by atoms with Crippen molar-refractivity contribution < 1.29 is 8.42 Å². The first-order chi connectivity index (χ1) is 10.4. The lowest BCUT2D eigenvalue weighted by molar-refractivity contribution is 0.593. The van der Waals surface area contributed by atoms with Gasteiger partial charge < -0.3 is 4.98 Å². The number of nitrogens with one attached hydrogen (secondary N) is 1. The molecule has 3 rings (SSSR count). The molecule has 0 fully saturated rings. The third-order valence-electron chi connectivity index (χ3n) is 3.43. The van der Waals surface area contributed by atoms with Crippen LogP contribution in [0, 0.1) is 21.8 Å². The highest BCUT2D eigenvalue weighted by atomic mass is 127. The highest BCUT2D eigenvalue weighted by Gasteiger charge is 2.24. The maximum absolute atomic E-state index is 12.8. The molecule has 0 saturated carbocycles. The molecule has 0 amide bonds. The number of hydrogen-bond donors (Lipinski definition) is 1. The first kappa shape index (κ1) is 15.1. The first-order valence-electron chi connectivity index (χ1n) is 6.46. The van der Waals surface area contributed by atoms with Gasteiger partial charge in [-0.05, 0) is 59.8 Å². The zero-order valence-electron chi connectivity index (χ0n) is 11.6. The summed E-state index contributed by atoms with van der Waals surface area (Å²) in [6.45, 7) is 1.91. The van der Waals surface area contributed by atoms with Crippen molar-refractivity contribution in [2.75, 3.05) is 0 Å². The van der Waals surface area contributed by atoms with Gasteiger partial charge in [-0.3, -0.25) is 0 Å². The number of sulfone groups is 1. The number of aryl methyl sites for hydroxylation is 1. The number of rotatable bonds is 2. The number of H-pyrrole nitrogens is 1. The number of aromatic nitrogens is 1. The van der Waals surface area contributed by atoms with E-state index >= 15 is 0 Å². The van der Waals surface area contributed by atoms with Crippen molar-refractivity contribution in [1.82, 2.24) is 4.98 Å². The van der Waals surface area contributed by atoms with Crippen LogP contribution in [0.25, 0.3) is 10.9 Å². The second-order valence-corrected chi connectivity index (χ2v) is 7.92. The fourth-order valence-corrected chi connectivity index (χ4v) is 5.00. The van der Waals surface area contributed by atoms with Crippen molar-refractivity contribution in [1.29, 1.82) is 5.26 Å². The van der Waals surface area contributed by atoms with Gasteiger partial charge in [0.05, 0.1) is 20.1 Å². The molecule has 1 aromatic heterocycles. The third-order valence-corrected chi connectivity index (χ3v) is 6.66. The van der Waals surface area contributed by atoms with E-state index in [2.05, 4.69) is 11.1 Å². The van der Waals surface area contributed by atoms with Gasteiger partial charge in [-0.25, -0.2) is 8.42 Å². The summed E-state index contributed by atoms with van der Waals surface area (Å²) in [5.41, 5.74) is 2.21. The van der Waals surface area contributed by atoms with Crippen molar-refractivity contribution in [3.05, 3.63) is 57.2 Å². The van der Waals surface area contributed by atoms with Gasteiger partial charge in [0.15, 0.2) is 5.03 Å². The second kappa shape index (κ2) is 5.41. The Kier molecular flexibility index (Phi) is 3.70. The van der Waals surface area contributed by atoms with Crippen LogP contribution < -0.4 is 0 Å². The van der Waals surface area contributed by atoms with Crippen molar-refractivity contribution >= 4 is 43.3 Å². The largest absolute Gasteiger partial charge is 0.344 e. The van der Waals surface area contributed by atoms with Crippen LogP contribution in [0.2, 0.25) is 0 Å². The minimum absolute atomic E-state index is 0.169. The van der Waals surface area contributed by atoms with E-state index in [-0.39, 0.29) is 9.92 Å². The molecule has 6 heteroatoms. The van der Waals surface area contributed by atoms with E-state index in [0.29, 0.717) is 14.7 Å². The Balaban J connectivity index is 2.23. The number of nitriles is 1. The average Bonchev–Trinajstić information content (AvgIpc) is 2.85. The van der Waals surface area contributed by atoms with E-state index in [4.69, 9.17) is 5.26 Å². The second-order valence-electron chi connectivity index (χ2n) is 4.96. The number of benzene rings is 2. The van der Waals surface area contributed by atoms with Gasteiger partial charge in [0.2, 0.25) is 9.84 Å². The maximum atomic E-state index is 12.8. The predicted octanol–water partition coefficient (Wildman–Crippen LogP) is 3.79. The number of fused-ring (bicyclic) bond motifs is 1. The lowest BCUT2D eigenvalue weighted by atomic mass is 10.2. The van der Waals surface area contributed by atoms with Gasteiger partial charge >= 0.3 is 0 Å². The maximum Gasteiger partial charge on any atom is 0.222 e. The topological polar surface area (TPSA) is 73.7 Å². The monoisotopic (exact) mass is 422 g/mol. The molecular formula is C16H11IN2O2S. The molecule has 0 atom stereocenters. The predicted molar refractivity (Wildman–Crippen MR) is 92.4 cm³/mol. The molecule has 0 spiro atoms. The molecule has 2 aromatic carbocycles. The fraction of sp³-hybridized carbons (Fsp3) is 0.0625. The molecule has 3 aromatic rings.